The lowest BCUT2D eigenvalue weighted by Gasteiger charge is -2.24. The van der Waals surface area contributed by atoms with Crippen LogP contribution in [0.25, 0.3) is 0 Å². The molecule has 1 aliphatic rings. The number of thiol groups is 1. The number of rotatable bonds is 8. The van der Waals surface area contributed by atoms with Gasteiger partial charge < -0.3 is 9.84 Å². The zero-order valence-corrected chi connectivity index (χ0v) is 16.9. The highest BCUT2D eigenvalue weighted by atomic mass is 35.5. The highest BCUT2D eigenvalue weighted by molar-refractivity contribution is 8.22. The van der Waals surface area contributed by atoms with Crippen molar-refractivity contribution in [1.29, 1.82) is 0 Å². The van der Waals surface area contributed by atoms with Crippen LogP contribution in [0.15, 0.2) is 45.6 Å². The molecule has 1 aromatic rings. The number of allylic oxidation sites excluding steroid dienone is 2. The normalized spacial score (nSPS) is 19.9. The van der Waals surface area contributed by atoms with Crippen LogP contribution in [-0.4, -0.2) is 35.2 Å². The molecule has 2 rings (SSSR count). The molecule has 154 valence electrons. The van der Waals surface area contributed by atoms with E-state index in [-0.39, 0.29) is 35.8 Å². The molecule has 28 heavy (non-hydrogen) atoms. The van der Waals surface area contributed by atoms with Gasteiger partial charge in [0.2, 0.25) is 0 Å². The maximum absolute atomic E-state index is 12.8. The van der Waals surface area contributed by atoms with Gasteiger partial charge in [-0.05, 0) is 60.3 Å². The van der Waals surface area contributed by atoms with Crippen molar-refractivity contribution < 1.29 is 32.6 Å². The Labute approximate surface area is 168 Å². The fraction of sp³-hybridized carbons (Fsp3) is 0.368. The summed E-state index contributed by atoms with van der Waals surface area (Å²) < 4.78 is 43.5. The largest absolute Gasteiger partial charge is 0.479 e. The molecule has 2 atom stereocenters. The van der Waals surface area contributed by atoms with E-state index < -0.39 is 34.2 Å². The summed E-state index contributed by atoms with van der Waals surface area (Å²) in [5, 5.41) is 12.0. The standard InChI is InChI=1S/C19H20ClF3O4S/c1-3-27-18(2,17(25)26)8-6-16(24)14-5-4-13(10-15(14)20)28-9-7-12(11-28)19(21,22)23/h4-5,7,9-11,28H,3,6,8H2,1-2H3,(H,25,26). The number of carbonyl (C=O) groups excluding carboxylic acids is 1. The van der Waals surface area contributed by atoms with Gasteiger partial charge in [0, 0.05) is 18.6 Å². The van der Waals surface area contributed by atoms with Gasteiger partial charge in [-0.25, -0.2) is 4.79 Å². The first-order chi connectivity index (χ1) is 13.0. The van der Waals surface area contributed by atoms with Crippen LogP contribution in [0.2, 0.25) is 5.02 Å². The third-order valence-electron chi connectivity index (χ3n) is 4.32. The summed E-state index contributed by atoms with van der Waals surface area (Å²) in [6.45, 7) is 3.25. The Morgan fingerprint density at radius 2 is 1.96 bits per heavy atom. The second-order valence-corrected chi connectivity index (χ2v) is 8.66. The van der Waals surface area contributed by atoms with Gasteiger partial charge in [-0.2, -0.15) is 24.1 Å². The van der Waals surface area contributed by atoms with Crippen LogP contribution in [-0.2, 0) is 9.53 Å². The van der Waals surface area contributed by atoms with Gasteiger partial charge in [0.1, 0.15) is 0 Å². The second-order valence-electron chi connectivity index (χ2n) is 6.36. The molecule has 0 aliphatic carbocycles. The minimum absolute atomic E-state index is 0.0276. The molecule has 4 nitrogen and oxygen atoms in total. The van der Waals surface area contributed by atoms with Crippen LogP contribution in [0.1, 0.15) is 37.0 Å². The molecule has 1 aliphatic heterocycles. The van der Waals surface area contributed by atoms with Crippen LogP contribution in [0.5, 0.6) is 0 Å². The highest BCUT2D eigenvalue weighted by Gasteiger charge is 2.35. The lowest BCUT2D eigenvalue weighted by atomic mass is 9.96. The molecule has 0 saturated carbocycles. The molecule has 9 heteroatoms. The average Bonchev–Trinajstić information content (AvgIpc) is 3.10. The van der Waals surface area contributed by atoms with Crippen molar-refractivity contribution in [3.63, 3.8) is 0 Å². The van der Waals surface area contributed by atoms with Gasteiger partial charge in [-0.3, -0.25) is 4.79 Å². The number of benzene rings is 1. The minimum atomic E-state index is -4.40. The van der Waals surface area contributed by atoms with Crippen LogP contribution >= 0.6 is 22.5 Å². The molecule has 0 fully saturated rings. The SMILES string of the molecule is CCOC(C)(CCC(=O)c1ccc([SH]2C=CC(C(F)(F)F)=C2)cc1Cl)C(=O)O. The van der Waals surface area contributed by atoms with E-state index in [1.54, 1.807) is 13.0 Å². The lowest BCUT2D eigenvalue weighted by Crippen LogP contribution is -2.38. The first-order valence-electron chi connectivity index (χ1n) is 8.43. The topological polar surface area (TPSA) is 63.6 Å². The van der Waals surface area contributed by atoms with Crippen molar-refractivity contribution in [2.75, 3.05) is 6.61 Å². The summed E-state index contributed by atoms with van der Waals surface area (Å²) in [5.74, 6) is -1.52. The number of halogens is 4. The quantitative estimate of drug-likeness (QED) is 0.416. The van der Waals surface area contributed by atoms with Crippen molar-refractivity contribution >= 4 is 34.2 Å². The lowest BCUT2D eigenvalue weighted by molar-refractivity contribution is -0.163. The summed E-state index contributed by atoms with van der Waals surface area (Å²) in [6, 6.07) is 4.53. The van der Waals surface area contributed by atoms with E-state index in [1.165, 1.54) is 24.5 Å². The molecule has 0 saturated heterocycles. The van der Waals surface area contributed by atoms with Crippen LogP contribution < -0.4 is 0 Å². The van der Waals surface area contributed by atoms with Crippen LogP contribution in [0, 0.1) is 0 Å². The third kappa shape index (κ3) is 5.18. The van der Waals surface area contributed by atoms with Gasteiger partial charge in [0.15, 0.2) is 11.4 Å². The van der Waals surface area contributed by atoms with Gasteiger partial charge in [0.25, 0.3) is 0 Å². The Kier molecular flexibility index (Phi) is 7.01. The molecular formula is C19H20ClF3O4S. The van der Waals surface area contributed by atoms with E-state index in [1.807, 2.05) is 0 Å². The number of ketones is 1. The molecular weight excluding hydrogens is 417 g/mol. The van der Waals surface area contributed by atoms with Crippen molar-refractivity contribution in [3.8, 4) is 0 Å². The van der Waals surface area contributed by atoms with Crippen LogP contribution in [0.4, 0.5) is 13.2 Å². The van der Waals surface area contributed by atoms with E-state index in [0.29, 0.717) is 4.90 Å². The Balaban J connectivity index is 2.12. The summed E-state index contributed by atoms with van der Waals surface area (Å²) in [7, 11) is -1.29. The summed E-state index contributed by atoms with van der Waals surface area (Å²) in [6.07, 6.45) is -3.47. The highest BCUT2D eigenvalue weighted by Crippen LogP contribution is 2.48. The number of alkyl halides is 3. The molecule has 0 bridgehead atoms. The number of carboxylic acids is 1. The van der Waals surface area contributed by atoms with E-state index in [4.69, 9.17) is 16.3 Å². The second kappa shape index (κ2) is 8.71. The maximum atomic E-state index is 12.8. The molecule has 1 heterocycles. The number of hydrogen-bond acceptors (Lipinski definition) is 3. The smallest absolute Gasteiger partial charge is 0.416 e. The zero-order chi connectivity index (χ0) is 21.1. The monoisotopic (exact) mass is 436 g/mol. The number of Topliss-reactive ketones (excluding diaryl/α,β-unsaturated/α-hetero) is 1. The van der Waals surface area contributed by atoms with Crippen LogP contribution in [0.3, 0.4) is 0 Å². The number of ether oxygens (including phenoxy) is 1. The molecule has 0 aromatic heterocycles. The average molecular weight is 437 g/mol. The van der Waals surface area contributed by atoms with Gasteiger partial charge in [0.05, 0.1) is 10.6 Å². The summed E-state index contributed by atoms with van der Waals surface area (Å²) in [4.78, 5) is 24.4. The Bertz CT molecular complexity index is 835. The molecule has 0 radical (unpaired) electrons. The Hall–Kier alpha value is -1.77. The Morgan fingerprint density at radius 3 is 2.46 bits per heavy atom. The molecule has 1 N–H and O–H groups in total. The van der Waals surface area contributed by atoms with Gasteiger partial charge in [-0.1, -0.05) is 11.6 Å². The van der Waals surface area contributed by atoms with Gasteiger partial charge in [-0.15, -0.1) is 0 Å². The van der Waals surface area contributed by atoms with E-state index in [2.05, 4.69) is 0 Å². The predicted molar refractivity (Wildman–Crippen MR) is 103 cm³/mol. The number of carbonyl (C=O) groups is 2. The van der Waals surface area contributed by atoms with Crippen molar-refractivity contribution in [1.82, 2.24) is 0 Å². The molecule has 0 spiro atoms. The van der Waals surface area contributed by atoms with E-state index in [0.717, 1.165) is 11.5 Å². The zero-order valence-electron chi connectivity index (χ0n) is 15.2. The number of aliphatic carboxylic acids is 1. The first kappa shape index (κ1) is 22.5. The number of hydrogen-bond donors (Lipinski definition) is 2. The third-order valence-corrected chi connectivity index (χ3v) is 6.53. The minimum Gasteiger partial charge on any atom is -0.479 e. The number of carboxylic acid groups (broad SMARTS) is 1. The van der Waals surface area contributed by atoms with Crippen molar-refractivity contribution in [2.24, 2.45) is 0 Å². The summed E-state index contributed by atoms with van der Waals surface area (Å²) >= 11 is 6.18. The molecule has 0 amide bonds. The molecule has 1 aromatic carbocycles. The van der Waals surface area contributed by atoms with E-state index >= 15 is 0 Å². The summed E-state index contributed by atoms with van der Waals surface area (Å²) in [5.41, 5.74) is -1.97. The van der Waals surface area contributed by atoms with Gasteiger partial charge >= 0.3 is 12.1 Å². The van der Waals surface area contributed by atoms with Crippen molar-refractivity contribution in [2.45, 2.75) is 43.4 Å². The Morgan fingerprint density at radius 1 is 1.29 bits per heavy atom. The molecule has 2 unspecified atom stereocenters. The fourth-order valence-electron chi connectivity index (χ4n) is 2.66. The van der Waals surface area contributed by atoms with Crippen molar-refractivity contribution in [3.05, 3.63) is 51.3 Å². The fourth-order valence-corrected chi connectivity index (χ4v) is 4.81. The maximum Gasteiger partial charge on any atom is 0.416 e. The van der Waals surface area contributed by atoms with E-state index in [9.17, 15) is 27.9 Å². The first-order valence-corrected chi connectivity index (χ1v) is 10.3. The predicted octanol–water partition coefficient (Wildman–Crippen LogP) is 5.52.